The third-order valence-corrected chi connectivity index (χ3v) is 1.79. The second kappa shape index (κ2) is 5.14. The number of carbonyl (C=O) groups excluding carboxylic acids is 1. The van der Waals surface area contributed by atoms with E-state index in [1.807, 2.05) is 12.1 Å². The van der Waals surface area contributed by atoms with E-state index < -0.39 is 0 Å². The molecule has 0 aliphatic carbocycles. The van der Waals surface area contributed by atoms with Gasteiger partial charge in [0.15, 0.2) is 0 Å². The van der Waals surface area contributed by atoms with Crippen LogP contribution < -0.4 is 4.74 Å². The lowest BCUT2D eigenvalue weighted by molar-refractivity contribution is -0.123. The van der Waals surface area contributed by atoms with E-state index in [0.717, 1.165) is 0 Å². The van der Waals surface area contributed by atoms with E-state index in [1.54, 1.807) is 33.3 Å². The number of ether oxygens (including phenoxy) is 1. The maximum atomic E-state index is 11.3. The summed E-state index contributed by atoms with van der Waals surface area (Å²) in [4.78, 5) is 16.9. The lowest BCUT2D eigenvalue weighted by Crippen LogP contribution is -2.18. The summed E-state index contributed by atoms with van der Waals surface area (Å²) in [6.07, 6.45) is 3.13. The molecule has 0 saturated carbocycles. The van der Waals surface area contributed by atoms with Crippen molar-refractivity contribution in [3.05, 3.63) is 30.0 Å². The van der Waals surface area contributed by atoms with Gasteiger partial charge in [-0.05, 0) is 12.1 Å². The highest BCUT2D eigenvalue weighted by atomic mass is 16.5. The van der Waals surface area contributed by atoms with E-state index in [0.29, 0.717) is 11.6 Å². The van der Waals surface area contributed by atoms with Gasteiger partial charge in [0, 0.05) is 26.2 Å². The smallest absolute Gasteiger partial charge is 0.246 e. The molecule has 1 aromatic heterocycles. The van der Waals surface area contributed by atoms with E-state index in [2.05, 4.69) is 4.98 Å². The Morgan fingerprint density at radius 2 is 2.20 bits per heavy atom. The quantitative estimate of drug-likeness (QED) is 0.698. The third kappa shape index (κ3) is 3.42. The molecule has 0 fully saturated rings. The molecular formula is C11H14N2O2. The van der Waals surface area contributed by atoms with Gasteiger partial charge in [-0.25, -0.2) is 4.98 Å². The number of nitrogens with zero attached hydrogens (tertiary/aromatic N) is 2. The fraction of sp³-hybridized carbons (Fsp3) is 0.273. The van der Waals surface area contributed by atoms with E-state index >= 15 is 0 Å². The first kappa shape index (κ1) is 11.2. The Bertz CT molecular complexity index is 373. The summed E-state index contributed by atoms with van der Waals surface area (Å²) in [6.45, 7) is 0. The van der Waals surface area contributed by atoms with Gasteiger partial charge in [-0.1, -0.05) is 6.07 Å². The van der Waals surface area contributed by atoms with Gasteiger partial charge < -0.3 is 9.64 Å². The summed E-state index contributed by atoms with van der Waals surface area (Å²) in [5.74, 6) is 0.467. The number of methoxy groups -OCH3 is 1. The second-order valence-corrected chi connectivity index (χ2v) is 3.17. The predicted octanol–water partition coefficient (Wildman–Crippen LogP) is 1.19. The summed E-state index contributed by atoms with van der Waals surface area (Å²) < 4.78 is 4.97. The fourth-order valence-electron chi connectivity index (χ4n) is 0.943. The van der Waals surface area contributed by atoms with Gasteiger partial charge >= 0.3 is 0 Å². The number of pyridine rings is 1. The number of aromatic nitrogens is 1. The van der Waals surface area contributed by atoms with Crippen LogP contribution in [0.5, 0.6) is 5.88 Å². The summed E-state index contributed by atoms with van der Waals surface area (Å²) >= 11 is 0. The number of likely N-dealkylation sites (N-methyl/N-ethyl adjacent to an activating group) is 1. The van der Waals surface area contributed by atoms with E-state index in [9.17, 15) is 4.79 Å². The van der Waals surface area contributed by atoms with Gasteiger partial charge in [-0.3, -0.25) is 4.79 Å². The zero-order valence-electron chi connectivity index (χ0n) is 9.10. The average molecular weight is 206 g/mol. The monoisotopic (exact) mass is 206 g/mol. The minimum Gasteiger partial charge on any atom is -0.481 e. The van der Waals surface area contributed by atoms with Gasteiger partial charge in [0.1, 0.15) is 0 Å². The molecule has 15 heavy (non-hydrogen) atoms. The zero-order valence-corrected chi connectivity index (χ0v) is 9.10. The van der Waals surface area contributed by atoms with Crippen molar-refractivity contribution in [2.75, 3.05) is 21.2 Å². The summed E-state index contributed by atoms with van der Waals surface area (Å²) in [6, 6.07) is 5.39. The Morgan fingerprint density at radius 1 is 1.47 bits per heavy atom. The van der Waals surface area contributed by atoms with E-state index in [4.69, 9.17) is 4.74 Å². The number of amides is 1. The molecule has 80 valence electrons. The molecule has 0 aromatic carbocycles. The second-order valence-electron chi connectivity index (χ2n) is 3.17. The minimum absolute atomic E-state index is 0.0698. The van der Waals surface area contributed by atoms with Crippen LogP contribution in [0.15, 0.2) is 24.3 Å². The molecule has 0 bridgehead atoms. The summed E-state index contributed by atoms with van der Waals surface area (Å²) in [5.41, 5.74) is 0.699. The maximum absolute atomic E-state index is 11.3. The zero-order chi connectivity index (χ0) is 11.3. The lowest BCUT2D eigenvalue weighted by atomic mass is 10.3. The predicted molar refractivity (Wildman–Crippen MR) is 58.5 cm³/mol. The molecule has 0 radical (unpaired) electrons. The molecule has 0 unspecified atom stereocenters. The van der Waals surface area contributed by atoms with Crippen molar-refractivity contribution in [2.24, 2.45) is 0 Å². The molecule has 1 aromatic rings. The van der Waals surface area contributed by atoms with Crippen molar-refractivity contribution in [1.29, 1.82) is 0 Å². The molecular weight excluding hydrogens is 192 g/mol. The molecule has 1 heterocycles. The first-order valence-electron chi connectivity index (χ1n) is 4.54. The number of hydrogen-bond acceptors (Lipinski definition) is 3. The standard InChI is InChI=1S/C11H14N2O2/c1-13(2)11(14)8-7-9-5-4-6-10(12-9)15-3/h4-8H,1-3H3. The molecule has 1 rings (SSSR count). The van der Waals surface area contributed by atoms with Crippen molar-refractivity contribution < 1.29 is 9.53 Å². The van der Waals surface area contributed by atoms with Crippen LogP contribution in [0.4, 0.5) is 0 Å². The number of rotatable bonds is 3. The molecule has 0 aliphatic heterocycles. The molecule has 0 atom stereocenters. The fourth-order valence-corrected chi connectivity index (χ4v) is 0.943. The lowest BCUT2D eigenvalue weighted by Gasteiger charge is -2.05. The Kier molecular flexibility index (Phi) is 3.85. The van der Waals surface area contributed by atoms with Crippen LogP contribution in [0.25, 0.3) is 6.08 Å². The highest BCUT2D eigenvalue weighted by Gasteiger charge is 1.98. The van der Waals surface area contributed by atoms with Crippen LogP contribution in [0, 0.1) is 0 Å². The van der Waals surface area contributed by atoms with Crippen LogP contribution >= 0.6 is 0 Å². The molecule has 1 amide bonds. The van der Waals surface area contributed by atoms with Crippen LogP contribution in [-0.4, -0.2) is 37.0 Å². The van der Waals surface area contributed by atoms with Crippen molar-refractivity contribution >= 4 is 12.0 Å². The maximum Gasteiger partial charge on any atom is 0.246 e. The third-order valence-electron chi connectivity index (χ3n) is 1.79. The van der Waals surface area contributed by atoms with Crippen molar-refractivity contribution in [3.63, 3.8) is 0 Å². The highest BCUT2D eigenvalue weighted by molar-refractivity contribution is 5.91. The van der Waals surface area contributed by atoms with Gasteiger partial charge in [-0.2, -0.15) is 0 Å². The molecule has 0 spiro atoms. The summed E-state index contributed by atoms with van der Waals surface area (Å²) in [5, 5.41) is 0. The first-order chi connectivity index (χ1) is 7.13. The first-order valence-corrected chi connectivity index (χ1v) is 4.54. The average Bonchev–Trinajstić information content (AvgIpc) is 2.26. The largest absolute Gasteiger partial charge is 0.481 e. The molecule has 4 heteroatoms. The Hall–Kier alpha value is -1.84. The minimum atomic E-state index is -0.0698. The molecule has 0 N–H and O–H groups in total. The molecule has 4 nitrogen and oxygen atoms in total. The topological polar surface area (TPSA) is 42.4 Å². The normalized spacial score (nSPS) is 10.3. The van der Waals surface area contributed by atoms with Crippen LogP contribution in [0.3, 0.4) is 0 Å². The van der Waals surface area contributed by atoms with Gasteiger partial charge in [-0.15, -0.1) is 0 Å². The van der Waals surface area contributed by atoms with Gasteiger partial charge in [0.2, 0.25) is 11.8 Å². The van der Waals surface area contributed by atoms with E-state index in [1.165, 1.54) is 11.0 Å². The van der Waals surface area contributed by atoms with Crippen molar-refractivity contribution in [3.8, 4) is 5.88 Å². The van der Waals surface area contributed by atoms with Crippen molar-refractivity contribution in [1.82, 2.24) is 9.88 Å². The Labute approximate surface area is 89.2 Å². The van der Waals surface area contributed by atoms with Gasteiger partial charge in [0.05, 0.1) is 12.8 Å². The highest BCUT2D eigenvalue weighted by Crippen LogP contribution is 2.07. The molecule has 0 aliphatic rings. The van der Waals surface area contributed by atoms with E-state index in [-0.39, 0.29) is 5.91 Å². The number of hydrogen-bond donors (Lipinski definition) is 0. The Morgan fingerprint density at radius 3 is 2.80 bits per heavy atom. The van der Waals surface area contributed by atoms with Crippen molar-refractivity contribution in [2.45, 2.75) is 0 Å². The van der Waals surface area contributed by atoms with Crippen LogP contribution in [-0.2, 0) is 4.79 Å². The summed E-state index contributed by atoms with van der Waals surface area (Å²) in [7, 11) is 4.96. The van der Waals surface area contributed by atoms with Crippen LogP contribution in [0.2, 0.25) is 0 Å². The van der Waals surface area contributed by atoms with Gasteiger partial charge in [0.25, 0.3) is 0 Å². The SMILES string of the molecule is COc1cccc(C=CC(=O)N(C)C)n1. The number of carbonyl (C=O) groups is 1. The van der Waals surface area contributed by atoms with Crippen LogP contribution in [0.1, 0.15) is 5.69 Å². The Balaban J connectivity index is 2.76. The molecule has 0 saturated heterocycles.